The lowest BCUT2D eigenvalue weighted by Gasteiger charge is -2.26. The number of fused-ring (bicyclic) bond motifs is 1. The van der Waals surface area contributed by atoms with Crippen LogP contribution in [0.15, 0.2) is 15.5 Å². The van der Waals surface area contributed by atoms with Crippen molar-refractivity contribution >= 4 is 40.6 Å². The maximum atomic E-state index is 11.7. The normalized spacial score (nSPS) is 27.9. The summed E-state index contributed by atoms with van der Waals surface area (Å²) in [6, 6.07) is -0.535. The number of nitrogens with two attached hydrogens (primary N) is 1. The number of aliphatic hydroxyl groups is 2. The fraction of sp³-hybridized carbons (Fsp3) is 0.500. The van der Waals surface area contributed by atoms with Gasteiger partial charge in [-0.3, -0.25) is 9.13 Å². The van der Waals surface area contributed by atoms with Gasteiger partial charge in [0, 0.05) is 0 Å². The maximum absolute atomic E-state index is 11.7. The first-order chi connectivity index (χ1) is 14.6. The average molecular weight is 523 g/mol. The summed E-state index contributed by atoms with van der Waals surface area (Å²) in [5.41, 5.74) is 3.93. The van der Waals surface area contributed by atoms with Crippen molar-refractivity contribution < 1.29 is 65.8 Å². The van der Waals surface area contributed by atoms with Crippen LogP contribution in [0.5, 0.6) is 0 Å². The fourth-order valence-corrected chi connectivity index (χ4v) is 5.62. The van der Waals surface area contributed by atoms with E-state index in [1.807, 2.05) is 0 Å². The molecular formula is C10H14N4O15P3-. The molecule has 3 unspecified atom stereocenters. The van der Waals surface area contributed by atoms with Crippen LogP contribution in [0.4, 0.5) is 6.01 Å². The number of hydrogen-bond donors (Lipinski definition) is 6. The standard InChI is InChI=1S/C10H15N4O15P3/c11-10-13-7-4(9(17)27-10)12-2-14(7)8-6(16)5(15)3(26-8)1-25-31(21,22)29-32(23,24)28-30(18,19)20/h2-3,5-6,8,15-16H,1H2,(H2,11,13)(H,21,22)(H,23,24)(H2,18,19,20)/p-1/t3-,5+,6?,8-/m1/s1. The Hall–Kier alpha value is -1.56. The van der Waals surface area contributed by atoms with Crippen molar-refractivity contribution in [3.8, 4) is 0 Å². The highest BCUT2D eigenvalue weighted by molar-refractivity contribution is 7.66. The molecule has 1 aliphatic heterocycles. The molecule has 1 fully saturated rings. The van der Waals surface area contributed by atoms with Crippen LogP contribution in [0.2, 0.25) is 0 Å². The van der Waals surface area contributed by atoms with Gasteiger partial charge in [-0.1, -0.05) is 0 Å². The Morgan fingerprint density at radius 1 is 1.19 bits per heavy atom. The first kappa shape index (κ1) is 25.1. The number of aliphatic hydroxyl groups excluding tert-OH is 2. The van der Waals surface area contributed by atoms with Crippen molar-refractivity contribution in [3.05, 3.63) is 16.7 Å². The number of rotatable bonds is 8. The molecule has 0 aromatic carbocycles. The summed E-state index contributed by atoms with van der Waals surface area (Å²) in [6.45, 7) is -1.09. The monoisotopic (exact) mass is 523 g/mol. The van der Waals surface area contributed by atoms with Crippen LogP contribution >= 0.6 is 23.5 Å². The van der Waals surface area contributed by atoms with Crippen molar-refractivity contribution in [2.45, 2.75) is 24.5 Å². The predicted molar refractivity (Wildman–Crippen MR) is 94.0 cm³/mol. The molecule has 3 rings (SSSR count). The summed E-state index contributed by atoms with van der Waals surface area (Å²) in [4.78, 5) is 56.9. The van der Waals surface area contributed by atoms with Crippen molar-refractivity contribution in [3.63, 3.8) is 0 Å². The van der Waals surface area contributed by atoms with Crippen LogP contribution in [0.25, 0.3) is 11.2 Å². The number of ether oxygens (including phenoxy) is 1. The van der Waals surface area contributed by atoms with E-state index in [9.17, 15) is 33.6 Å². The number of nitrogen functional groups attached to an aromatic ring is 1. The number of hydrogen-bond acceptors (Lipinski definition) is 15. The zero-order valence-corrected chi connectivity index (χ0v) is 17.9. The zero-order chi connectivity index (χ0) is 24.1. The van der Waals surface area contributed by atoms with E-state index in [1.54, 1.807) is 0 Å². The molecule has 0 saturated carbocycles. The summed E-state index contributed by atoms with van der Waals surface area (Å²) in [5.74, 6) is 0. The molecule has 7 N–H and O–H groups in total. The number of imidazole rings is 1. The topological polar surface area (TPSA) is 299 Å². The van der Waals surface area contributed by atoms with E-state index in [0.29, 0.717) is 0 Å². The number of anilines is 1. The van der Waals surface area contributed by atoms with Crippen LogP contribution in [-0.4, -0.2) is 64.3 Å². The van der Waals surface area contributed by atoms with E-state index >= 15 is 0 Å². The lowest BCUT2D eigenvalue weighted by atomic mass is 10.1. The summed E-state index contributed by atoms with van der Waals surface area (Å²) in [5, 5.41) is 20.3. The van der Waals surface area contributed by atoms with Gasteiger partial charge >= 0.3 is 21.3 Å². The van der Waals surface area contributed by atoms with Gasteiger partial charge in [-0.15, -0.1) is 0 Å². The largest absolute Gasteiger partial charge is 0.756 e. The summed E-state index contributed by atoms with van der Waals surface area (Å²) in [7, 11) is -17.1. The zero-order valence-electron chi connectivity index (χ0n) is 15.2. The first-order valence-corrected chi connectivity index (χ1v) is 12.5. The second-order valence-electron chi connectivity index (χ2n) is 6.08. The number of aromatic nitrogens is 3. The lowest BCUT2D eigenvalue weighted by molar-refractivity contribution is -0.221. The minimum Gasteiger partial charge on any atom is -0.756 e. The van der Waals surface area contributed by atoms with Gasteiger partial charge in [0.2, 0.25) is 0 Å². The Morgan fingerprint density at radius 2 is 1.84 bits per heavy atom. The smallest absolute Gasteiger partial charge is 0.487 e. The molecule has 2 aromatic heterocycles. The Kier molecular flexibility index (Phi) is 6.78. The summed E-state index contributed by atoms with van der Waals surface area (Å²) >= 11 is 0. The maximum Gasteiger partial charge on any atom is 0.487 e. The lowest BCUT2D eigenvalue weighted by Crippen LogP contribution is -2.34. The van der Waals surface area contributed by atoms with E-state index in [2.05, 4.69) is 27.5 Å². The molecule has 0 bridgehead atoms. The molecule has 0 radical (unpaired) electrons. The molecule has 6 atom stereocenters. The Labute approximate surface area is 175 Å². The molecular weight excluding hydrogens is 509 g/mol. The first-order valence-electron chi connectivity index (χ1n) is 8.00. The Morgan fingerprint density at radius 3 is 2.47 bits per heavy atom. The molecule has 0 aliphatic carbocycles. The van der Waals surface area contributed by atoms with Crippen LogP contribution in [-0.2, 0) is 31.6 Å². The van der Waals surface area contributed by atoms with Gasteiger partial charge in [-0.05, 0) is 0 Å². The van der Waals surface area contributed by atoms with Crippen LogP contribution in [0.1, 0.15) is 6.23 Å². The second-order valence-corrected chi connectivity index (χ2v) is 10.5. The third-order valence-electron chi connectivity index (χ3n) is 3.80. The van der Waals surface area contributed by atoms with Gasteiger partial charge in [-0.2, -0.15) is 9.29 Å². The van der Waals surface area contributed by atoms with Gasteiger partial charge in [0.25, 0.3) is 13.8 Å². The third-order valence-corrected chi connectivity index (χ3v) is 7.56. The van der Waals surface area contributed by atoms with E-state index < -0.39 is 66.3 Å². The minimum atomic E-state index is -5.80. The van der Waals surface area contributed by atoms with Gasteiger partial charge in [0.05, 0.1) is 12.9 Å². The van der Waals surface area contributed by atoms with Crippen molar-refractivity contribution in [1.29, 1.82) is 0 Å². The van der Waals surface area contributed by atoms with Gasteiger partial charge in [-0.25, -0.2) is 23.2 Å². The fourth-order valence-electron chi connectivity index (χ4n) is 2.63. The highest BCUT2D eigenvalue weighted by Crippen LogP contribution is 2.65. The molecule has 19 nitrogen and oxygen atoms in total. The van der Waals surface area contributed by atoms with Crippen molar-refractivity contribution in [2.24, 2.45) is 0 Å². The number of phosphoric ester groups is 1. The van der Waals surface area contributed by atoms with Crippen LogP contribution in [0, 0.1) is 0 Å². The minimum absolute atomic E-state index is 0.190. The average Bonchev–Trinajstić information content (AvgIpc) is 3.12. The Bertz CT molecular complexity index is 1210. The van der Waals surface area contributed by atoms with E-state index in [4.69, 9.17) is 25.2 Å². The molecule has 32 heavy (non-hydrogen) atoms. The Balaban J connectivity index is 1.72. The van der Waals surface area contributed by atoms with Gasteiger partial charge in [0.15, 0.2) is 17.4 Å². The quantitative estimate of drug-likeness (QED) is 0.192. The highest BCUT2D eigenvalue weighted by atomic mass is 31.3. The van der Waals surface area contributed by atoms with E-state index in [-0.39, 0.29) is 11.2 Å². The number of phosphoric acid groups is 3. The molecule has 0 amide bonds. The highest BCUT2D eigenvalue weighted by Gasteiger charge is 2.45. The van der Waals surface area contributed by atoms with Gasteiger partial charge < -0.3 is 49.2 Å². The molecule has 22 heteroatoms. The van der Waals surface area contributed by atoms with Gasteiger partial charge in [0.1, 0.15) is 18.3 Å². The summed E-state index contributed by atoms with van der Waals surface area (Å²) in [6.07, 6.45) is -5.57. The number of nitrogens with zero attached hydrogens (tertiary/aromatic N) is 3. The van der Waals surface area contributed by atoms with E-state index in [0.717, 1.165) is 10.9 Å². The van der Waals surface area contributed by atoms with Crippen LogP contribution < -0.4 is 16.3 Å². The predicted octanol–water partition coefficient (Wildman–Crippen LogP) is -2.70. The molecule has 2 aromatic rings. The van der Waals surface area contributed by atoms with Crippen molar-refractivity contribution in [1.82, 2.24) is 14.5 Å². The molecule has 0 spiro atoms. The molecule has 1 saturated heterocycles. The van der Waals surface area contributed by atoms with Crippen LogP contribution in [0.3, 0.4) is 0 Å². The molecule has 1 aliphatic rings. The summed E-state index contributed by atoms with van der Waals surface area (Å²) < 4.78 is 55.6. The van der Waals surface area contributed by atoms with Crippen molar-refractivity contribution in [2.75, 3.05) is 12.3 Å². The van der Waals surface area contributed by atoms with E-state index in [1.165, 1.54) is 0 Å². The third kappa shape index (κ3) is 5.67. The molecule has 180 valence electrons. The SMILES string of the molecule is Nc1nc2c(ncn2[C@@H]2O[C@H](COP(=O)([O-])OP(=O)(O)OP(=O)(O)O)[C@H](O)C2O)c(=O)o1. The molecule has 3 heterocycles. The second kappa shape index (κ2) is 8.66.